The molecule has 0 aromatic rings. The highest BCUT2D eigenvalue weighted by molar-refractivity contribution is 5.65. The summed E-state index contributed by atoms with van der Waals surface area (Å²) in [6, 6.07) is 0. The minimum Gasteiger partial charge on any atom is -0.269 e. The fourth-order valence-corrected chi connectivity index (χ4v) is 0.807. The van der Waals surface area contributed by atoms with Crippen molar-refractivity contribution < 1.29 is 0 Å². The topological polar surface area (TPSA) is 12.4 Å². The van der Waals surface area contributed by atoms with Crippen molar-refractivity contribution >= 4 is 6.21 Å². The van der Waals surface area contributed by atoms with Gasteiger partial charge < -0.3 is 0 Å². The molecule has 0 aromatic heterocycles. The number of hydrogen-bond donors (Lipinski definition) is 0. The molecule has 0 saturated carbocycles. The summed E-state index contributed by atoms with van der Waals surface area (Å²) in [6.07, 6.45) is 14.3. The lowest BCUT2D eigenvalue weighted by Gasteiger charge is -1.97. The number of hydrogen-bond acceptors (Lipinski definition) is 1. The van der Waals surface area contributed by atoms with Crippen LogP contribution in [0.15, 0.2) is 53.7 Å². The van der Waals surface area contributed by atoms with Crippen molar-refractivity contribution in [2.45, 2.75) is 6.42 Å². The molecule has 56 valence electrons. The van der Waals surface area contributed by atoms with Crippen LogP contribution in [0, 0.1) is 0 Å². The molecule has 0 spiro atoms. The van der Waals surface area contributed by atoms with E-state index in [4.69, 9.17) is 0 Å². The monoisotopic (exact) mass is 145 g/mol. The lowest BCUT2D eigenvalue weighted by atomic mass is 10.1. The molecule has 1 nitrogen and oxygen atoms in total. The van der Waals surface area contributed by atoms with E-state index in [-0.39, 0.29) is 0 Å². The minimum absolute atomic E-state index is 0.929. The van der Waals surface area contributed by atoms with Gasteiger partial charge in [0.15, 0.2) is 0 Å². The fraction of sp³-hybridized carbons (Fsp3) is 0.100. The second-order valence-electron chi connectivity index (χ2n) is 2.21. The van der Waals surface area contributed by atoms with E-state index in [1.165, 1.54) is 5.57 Å². The van der Waals surface area contributed by atoms with Gasteiger partial charge in [0, 0.05) is 18.8 Å². The molecule has 0 bridgehead atoms. The second-order valence-corrected chi connectivity index (χ2v) is 2.21. The Morgan fingerprint density at radius 3 is 3.00 bits per heavy atom. The molecule has 11 heavy (non-hydrogen) atoms. The molecule has 0 radical (unpaired) electrons. The highest BCUT2D eigenvalue weighted by atomic mass is 14.7. The van der Waals surface area contributed by atoms with E-state index in [2.05, 4.69) is 17.6 Å². The van der Waals surface area contributed by atoms with E-state index in [9.17, 15) is 0 Å². The maximum atomic E-state index is 3.96. The summed E-state index contributed by atoms with van der Waals surface area (Å²) in [5.41, 5.74) is 1.28. The van der Waals surface area contributed by atoms with Crippen molar-refractivity contribution in [3.05, 3.63) is 48.7 Å². The van der Waals surface area contributed by atoms with Crippen LogP contribution in [0.5, 0.6) is 0 Å². The molecule has 0 N–H and O–H groups in total. The number of rotatable bonds is 2. The van der Waals surface area contributed by atoms with Crippen LogP contribution in [-0.4, -0.2) is 6.21 Å². The smallest absolute Gasteiger partial charge is 0.0266 e. The van der Waals surface area contributed by atoms with Crippen molar-refractivity contribution in [1.29, 1.82) is 0 Å². The number of allylic oxidation sites excluding steroid dienone is 6. The second kappa shape index (κ2) is 4.45. The average Bonchev–Trinajstić information content (AvgIpc) is 2.07. The Balaban J connectivity index is 2.53. The first-order valence-electron chi connectivity index (χ1n) is 3.60. The maximum Gasteiger partial charge on any atom is 0.0266 e. The van der Waals surface area contributed by atoms with Crippen molar-refractivity contribution in [2.24, 2.45) is 4.99 Å². The molecule has 0 aromatic carbocycles. The van der Waals surface area contributed by atoms with Crippen LogP contribution in [0.4, 0.5) is 0 Å². The van der Waals surface area contributed by atoms with Crippen LogP contribution in [0.3, 0.4) is 0 Å². The molecule has 0 unspecified atom stereocenters. The average molecular weight is 145 g/mol. The van der Waals surface area contributed by atoms with Gasteiger partial charge in [0.05, 0.1) is 0 Å². The molecule has 0 amide bonds. The van der Waals surface area contributed by atoms with Gasteiger partial charge in [0.1, 0.15) is 0 Å². The Kier molecular flexibility index (Phi) is 3.13. The minimum atomic E-state index is 0.929. The van der Waals surface area contributed by atoms with E-state index in [0.717, 1.165) is 6.42 Å². The Morgan fingerprint density at radius 2 is 2.36 bits per heavy atom. The van der Waals surface area contributed by atoms with Crippen molar-refractivity contribution in [2.75, 3.05) is 0 Å². The van der Waals surface area contributed by atoms with Gasteiger partial charge >= 0.3 is 0 Å². The third kappa shape index (κ3) is 2.80. The Bertz CT molecular complexity index is 242. The van der Waals surface area contributed by atoms with E-state index in [1.807, 2.05) is 24.4 Å². The van der Waals surface area contributed by atoms with Gasteiger partial charge in [-0.2, -0.15) is 0 Å². The summed E-state index contributed by atoms with van der Waals surface area (Å²) in [7, 11) is 0. The predicted octanol–water partition coefficient (Wildman–Crippen LogP) is 2.64. The zero-order valence-electron chi connectivity index (χ0n) is 6.40. The summed E-state index contributed by atoms with van der Waals surface area (Å²) in [5, 5.41) is 0. The van der Waals surface area contributed by atoms with Crippen LogP contribution in [0.2, 0.25) is 0 Å². The van der Waals surface area contributed by atoms with E-state index in [1.54, 1.807) is 12.3 Å². The Labute approximate surface area is 67.2 Å². The standard InChI is InChI=1S/C10H11N/c1-2-3-4-5-10-6-8-11-9-7-10/h2-6,8-9H,1,7H2/b4-3-,10-5?. The third-order valence-corrected chi connectivity index (χ3v) is 1.36. The summed E-state index contributed by atoms with van der Waals surface area (Å²) < 4.78 is 0. The van der Waals surface area contributed by atoms with E-state index >= 15 is 0 Å². The Hall–Kier alpha value is -1.37. The molecule has 0 fully saturated rings. The molecule has 1 aliphatic heterocycles. The van der Waals surface area contributed by atoms with Crippen LogP contribution < -0.4 is 0 Å². The lowest BCUT2D eigenvalue weighted by Crippen LogP contribution is -1.83. The Morgan fingerprint density at radius 1 is 1.45 bits per heavy atom. The van der Waals surface area contributed by atoms with Crippen LogP contribution in [-0.2, 0) is 0 Å². The number of aliphatic imine (C=N–C) groups is 1. The highest BCUT2D eigenvalue weighted by Crippen LogP contribution is 2.05. The quantitative estimate of drug-likeness (QED) is 0.530. The zero-order valence-corrected chi connectivity index (χ0v) is 6.40. The third-order valence-electron chi connectivity index (χ3n) is 1.36. The predicted molar refractivity (Wildman–Crippen MR) is 49.7 cm³/mol. The molecular weight excluding hydrogens is 134 g/mol. The molecule has 0 atom stereocenters. The highest BCUT2D eigenvalue weighted by Gasteiger charge is 1.90. The van der Waals surface area contributed by atoms with Crippen molar-refractivity contribution in [3.63, 3.8) is 0 Å². The molecule has 0 saturated heterocycles. The van der Waals surface area contributed by atoms with Gasteiger partial charge in [-0.25, -0.2) is 0 Å². The summed E-state index contributed by atoms with van der Waals surface area (Å²) >= 11 is 0. The summed E-state index contributed by atoms with van der Waals surface area (Å²) in [4.78, 5) is 3.96. The van der Waals surface area contributed by atoms with Crippen LogP contribution in [0.1, 0.15) is 6.42 Å². The van der Waals surface area contributed by atoms with Gasteiger partial charge in [0.25, 0.3) is 0 Å². The first-order valence-corrected chi connectivity index (χ1v) is 3.60. The summed E-state index contributed by atoms with van der Waals surface area (Å²) in [5.74, 6) is 0. The molecular formula is C10H11N. The van der Waals surface area contributed by atoms with Crippen molar-refractivity contribution in [1.82, 2.24) is 0 Å². The van der Waals surface area contributed by atoms with Gasteiger partial charge in [0.2, 0.25) is 0 Å². The molecule has 1 rings (SSSR count). The SMILES string of the molecule is C=C/C=C\C=C1C=CN=CC1. The fourth-order valence-electron chi connectivity index (χ4n) is 0.807. The largest absolute Gasteiger partial charge is 0.269 e. The first-order chi connectivity index (χ1) is 5.43. The van der Waals surface area contributed by atoms with Crippen molar-refractivity contribution in [3.8, 4) is 0 Å². The lowest BCUT2D eigenvalue weighted by molar-refractivity contribution is 1.31. The van der Waals surface area contributed by atoms with Gasteiger partial charge in [-0.1, -0.05) is 30.9 Å². The van der Waals surface area contributed by atoms with E-state index < -0.39 is 0 Å². The van der Waals surface area contributed by atoms with E-state index in [0.29, 0.717) is 0 Å². The molecule has 1 heterocycles. The normalized spacial score (nSPS) is 19.8. The maximum absolute atomic E-state index is 3.96. The zero-order chi connectivity index (χ0) is 7.94. The van der Waals surface area contributed by atoms with Crippen LogP contribution >= 0.6 is 0 Å². The molecule has 1 heteroatoms. The molecule has 0 aliphatic carbocycles. The summed E-state index contributed by atoms with van der Waals surface area (Å²) in [6.45, 7) is 3.58. The van der Waals surface area contributed by atoms with Crippen LogP contribution in [0.25, 0.3) is 0 Å². The van der Waals surface area contributed by atoms with Gasteiger partial charge in [-0.05, 0) is 11.6 Å². The van der Waals surface area contributed by atoms with Gasteiger partial charge in [-0.15, -0.1) is 0 Å². The number of nitrogens with zero attached hydrogens (tertiary/aromatic N) is 1. The first kappa shape index (κ1) is 7.73. The molecule has 1 aliphatic rings. The van der Waals surface area contributed by atoms with Gasteiger partial charge in [-0.3, -0.25) is 4.99 Å².